The van der Waals surface area contributed by atoms with Gasteiger partial charge in [-0.15, -0.1) is 0 Å². The first-order valence-electron chi connectivity index (χ1n) is 8.61. The zero-order chi connectivity index (χ0) is 18.7. The van der Waals surface area contributed by atoms with Crippen molar-refractivity contribution in [2.75, 3.05) is 7.05 Å². The van der Waals surface area contributed by atoms with Crippen LogP contribution in [0.25, 0.3) is 0 Å². The highest BCUT2D eigenvalue weighted by Crippen LogP contribution is 2.01. The fraction of sp³-hybridized carbons (Fsp3) is 0.273. The van der Waals surface area contributed by atoms with E-state index in [0.29, 0.717) is 0 Å². The molecule has 0 aliphatic carbocycles. The lowest BCUT2D eigenvalue weighted by atomic mass is 10.2. The molecule has 0 aliphatic rings. The molecule has 0 saturated carbocycles. The molecular formula is C22H32N3+3. The summed E-state index contributed by atoms with van der Waals surface area (Å²) in [6.07, 6.45) is 6.14. The van der Waals surface area contributed by atoms with Gasteiger partial charge in [-0.3, -0.25) is 0 Å². The van der Waals surface area contributed by atoms with Crippen molar-refractivity contribution in [3.05, 3.63) is 90.0 Å². The summed E-state index contributed by atoms with van der Waals surface area (Å²) in [7, 11) is 6.10. The molecule has 2 heterocycles. The van der Waals surface area contributed by atoms with Crippen molar-refractivity contribution in [1.82, 2.24) is 0 Å². The lowest BCUT2D eigenvalue weighted by Crippen LogP contribution is -2.72. The number of hydrogen-bond donors (Lipinski definition) is 1. The zero-order valence-electron chi connectivity index (χ0n) is 16.4. The van der Waals surface area contributed by atoms with E-state index in [1.54, 1.807) is 0 Å². The minimum Gasteiger partial charge on any atom is -0.316 e. The minimum absolute atomic E-state index is 1.28. The highest BCUT2D eigenvalue weighted by atomic mass is 14.9. The average Bonchev–Trinajstić information content (AvgIpc) is 2.59. The van der Waals surface area contributed by atoms with Crippen LogP contribution in [0.3, 0.4) is 0 Å². The summed E-state index contributed by atoms with van der Waals surface area (Å²) < 4.78 is 4.12. The Morgan fingerprint density at radius 2 is 1.40 bits per heavy atom. The lowest BCUT2D eigenvalue weighted by Gasteiger charge is -1.92. The molecule has 2 N–H and O–H groups in total. The van der Waals surface area contributed by atoms with Gasteiger partial charge in [-0.25, -0.2) is 9.13 Å². The Kier molecular flexibility index (Phi) is 9.12. The maximum Gasteiger partial charge on any atom is 0.177 e. The molecule has 3 rings (SSSR count). The van der Waals surface area contributed by atoms with Gasteiger partial charge in [0.15, 0.2) is 24.3 Å². The molecule has 0 saturated heterocycles. The number of hydrogen-bond acceptors (Lipinski definition) is 0. The third-order valence-electron chi connectivity index (χ3n) is 3.81. The van der Waals surface area contributed by atoms with Gasteiger partial charge in [0.05, 0.1) is 7.05 Å². The molecule has 0 radical (unpaired) electrons. The number of aryl methyl sites for hydroxylation is 5. The van der Waals surface area contributed by atoms with Crippen molar-refractivity contribution in [3.8, 4) is 0 Å². The molecule has 2 aromatic heterocycles. The lowest BCUT2D eigenvalue weighted by molar-refractivity contribution is -0.677. The number of aromatic nitrogens is 2. The minimum atomic E-state index is 1.28. The summed E-state index contributed by atoms with van der Waals surface area (Å²) in [5.41, 5.74) is 5.20. The van der Waals surface area contributed by atoms with E-state index in [4.69, 9.17) is 0 Å². The SMILES string of the molecule is C[NH2+]c1ccc(C)cc1.Cc1ccc[n+](C)c1.Cc1cccc[n+]1C. The molecule has 3 aromatic rings. The molecule has 25 heavy (non-hydrogen) atoms. The van der Waals surface area contributed by atoms with Gasteiger partial charge >= 0.3 is 0 Å². The standard InChI is InChI=1S/C8H11N.2C7H10N/c1-7-3-5-8(9-2)6-4-7;1-7-4-3-5-8(2)6-7;1-7-5-3-4-6-8(7)2/h3-6,9H,1-2H3;2*3-6H,1-2H3/q;2*+1/p+1. The molecule has 0 amide bonds. The van der Waals surface area contributed by atoms with Crippen LogP contribution < -0.4 is 14.5 Å². The first-order valence-corrected chi connectivity index (χ1v) is 8.61. The fourth-order valence-corrected chi connectivity index (χ4v) is 2.11. The number of quaternary nitrogens is 1. The molecule has 3 heteroatoms. The van der Waals surface area contributed by atoms with Gasteiger partial charge in [0.25, 0.3) is 0 Å². The highest BCUT2D eigenvalue weighted by molar-refractivity contribution is 5.30. The predicted molar refractivity (Wildman–Crippen MR) is 103 cm³/mol. The molecular weight excluding hydrogens is 306 g/mol. The molecule has 0 fully saturated rings. The van der Waals surface area contributed by atoms with Crippen molar-refractivity contribution < 1.29 is 14.5 Å². The third-order valence-corrected chi connectivity index (χ3v) is 3.81. The van der Waals surface area contributed by atoms with Crippen LogP contribution in [0.2, 0.25) is 0 Å². The van der Waals surface area contributed by atoms with Crippen LogP contribution in [0.5, 0.6) is 0 Å². The van der Waals surface area contributed by atoms with E-state index in [0.717, 1.165) is 0 Å². The molecule has 0 atom stereocenters. The van der Waals surface area contributed by atoms with E-state index in [1.807, 2.05) is 56.3 Å². The van der Waals surface area contributed by atoms with E-state index in [9.17, 15) is 0 Å². The van der Waals surface area contributed by atoms with E-state index < -0.39 is 0 Å². The second-order valence-corrected chi connectivity index (χ2v) is 6.20. The van der Waals surface area contributed by atoms with Crippen molar-refractivity contribution in [2.45, 2.75) is 20.8 Å². The van der Waals surface area contributed by atoms with Gasteiger partial charge < -0.3 is 5.32 Å². The van der Waals surface area contributed by atoms with E-state index >= 15 is 0 Å². The second kappa shape index (κ2) is 11.1. The zero-order valence-corrected chi connectivity index (χ0v) is 16.4. The average molecular weight is 339 g/mol. The van der Waals surface area contributed by atoms with E-state index in [2.05, 4.69) is 73.3 Å². The molecule has 0 unspecified atom stereocenters. The van der Waals surface area contributed by atoms with Gasteiger partial charge in [-0.05, 0) is 32.0 Å². The molecule has 3 nitrogen and oxygen atoms in total. The predicted octanol–water partition coefficient (Wildman–Crippen LogP) is 2.46. The Labute approximate surface area is 152 Å². The topological polar surface area (TPSA) is 24.4 Å². The summed E-state index contributed by atoms with van der Waals surface area (Å²) in [5, 5.41) is 2.10. The van der Waals surface area contributed by atoms with Crippen LogP contribution in [0.1, 0.15) is 16.8 Å². The van der Waals surface area contributed by atoms with Crippen LogP contribution in [-0.4, -0.2) is 7.05 Å². The molecule has 132 valence electrons. The van der Waals surface area contributed by atoms with Crippen LogP contribution in [0.15, 0.2) is 73.2 Å². The Bertz CT molecular complexity index is 711. The molecule has 0 spiro atoms. The summed E-state index contributed by atoms with van der Waals surface area (Å²) in [6, 6.07) is 18.7. The van der Waals surface area contributed by atoms with Crippen LogP contribution in [0, 0.1) is 20.8 Å². The van der Waals surface area contributed by atoms with Crippen LogP contribution >= 0.6 is 0 Å². The fourth-order valence-electron chi connectivity index (χ4n) is 2.11. The van der Waals surface area contributed by atoms with Gasteiger partial charge in [0, 0.05) is 30.7 Å². The number of nitrogens with two attached hydrogens (primary N) is 1. The number of rotatable bonds is 1. The first kappa shape index (κ1) is 20.5. The third kappa shape index (κ3) is 8.77. The molecule has 1 aromatic carbocycles. The van der Waals surface area contributed by atoms with Gasteiger partial charge in [-0.1, -0.05) is 23.8 Å². The largest absolute Gasteiger partial charge is 0.316 e. The van der Waals surface area contributed by atoms with Gasteiger partial charge in [-0.2, -0.15) is 0 Å². The maximum atomic E-state index is 2.12. The van der Waals surface area contributed by atoms with E-state index in [1.165, 1.54) is 22.5 Å². The van der Waals surface area contributed by atoms with Gasteiger partial charge in [0.2, 0.25) is 0 Å². The van der Waals surface area contributed by atoms with Gasteiger partial charge in [0.1, 0.15) is 19.8 Å². The maximum absolute atomic E-state index is 2.12. The Morgan fingerprint density at radius 3 is 1.80 bits per heavy atom. The molecule has 0 bridgehead atoms. The first-order chi connectivity index (χ1) is 11.9. The van der Waals surface area contributed by atoms with Crippen LogP contribution in [0.4, 0.5) is 5.69 Å². The Morgan fingerprint density at radius 1 is 0.720 bits per heavy atom. The Balaban J connectivity index is 0.000000188. The molecule has 0 aliphatic heterocycles. The van der Waals surface area contributed by atoms with E-state index in [-0.39, 0.29) is 0 Å². The second-order valence-electron chi connectivity index (χ2n) is 6.20. The quantitative estimate of drug-likeness (QED) is 0.521. The summed E-state index contributed by atoms with van der Waals surface area (Å²) >= 11 is 0. The summed E-state index contributed by atoms with van der Waals surface area (Å²) in [6.45, 7) is 6.26. The normalized spacial score (nSPS) is 9.36. The van der Waals surface area contributed by atoms with Crippen molar-refractivity contribution in [1.29, 1.82) is 0 Å². The highest BCUT2D eigenvalue weighted by Gasteiger charge is 1.92. The van der Waals surface area contributed by atoms with Crippen molar-refractivity contribution >= 4 is 5.69 Å². The van der Waals surface area contributed by atoms with Crippen molar-refractivity contribution in [3.63, 3.8) is 0 Å². The number of pyridine rings is 2. The Hall–Kier alpha value is -2.52. The number of benzene rings is 1. The van der Waals surface area contributed by atoms with Crippen LogP contribution in [-0.2, 0) is 14.1 Å². The number of nitrogens with zero attached hydrogens (tertiary/aromatic N) is 2. The van der Waals surface area contributed by atoms with Crippen molar-refractivity contribution in [2.24, 2.45) is 14.1 Å². The summed E-state index contributed by atoms with van der Waals surface area (Å²) in [5.74, 6) is 0. The summed E-state index contributed by atoms with van der Waals surface area (Å²) in [4.78, 5) is 0. The smallest absolute Gasteiger partial charge is 0.177 e. The monoisotopic (exact) mass is 338 g/mol.